The zero-order valence-electron chi connectivity index (χ0n) is 26.5. The molecule has 1 aromatic heterocycles. The molecule has 0 radical (unpaired) electrons. The van der Waals surface area contributed by atoms with Crippen molar-refractivity contribution < 1.29 is 28.6 Å². The van der Waals surface area contributed by atoms with Crippen molar-refractivity contribution in [2.45, 2.75) is 57.7 Å². The Morgan fingerprint density at radius 2 is 1.80 bits per heavy atom. The Hall–Kier alpha value is -4.37. The molecule has 4 aromatic rings. The van der Waals surface area contributed by atoms with Crippen LogP contribution in [-0.2, 0) is 27.4 Å². The van der Waals surface area contributed by atoms with Crippen LogP contribution in [0.15, 0.2) is 72.9 Å². The molecule has 2 amide bonds. The monoisotopic (exact) mass is 627 g/mol. The molecule has 1 saturated carbocycles. The molecule has 0 unspecified atom stereocenters. The molecule has 1 aliphatic carbocycles. The highest BCUT2D eigenvalue weighted by molar-refractivity contribution is 5.86. The van der Waals surface area contributed by atoms with Crippen LogP contribution in [0.4, 0.5) is 9.18 Å². The lowest BCUT2D eigenvalue weighted by Crippen LogP contribution is -2.50. The number of likely N-dealkylation sites (tertiary alicyclic amines) is 1. The van der Waals surface area contributed by atoms with Gasteiger partial charge in [-0.25, -0.2) is 9.18 Å². The lowest BCUT2D eigenvalue weighted by Gasteiger charge is -2.40. The molecule has 2 fully saturated rings. The van der Waals surface area contributed by atoms with Crippen molar-refractivity contribution in [1.82, 2.24) is 14.4 Å². The van der Waals surface area contributed by atoms with Crippen LogP contribution in [-0.4, -0.2) is 70.9 Å². The summed E-state index contributed by atoms with van der Waals surface area (Å²) in [4.78, 5) is 31.2. The largest absolute Gasteiger partial charge is 0.508 e. The maximum absolute atomic E-state index is 15.4. The molecule has 242 valence electrons. The normalized spacial score (nSPS) is 18.1. The number of benzene rings is 3. The van der Waals surface area contributed by atoms with E-state index in [9.17, 15) is 14.7 Å². The van der Waals surface area contributed by atoms with E-state index in [1.54, 1.807) is 37.1 Å². The zero-order valence-corrected chi connectivity index (χ0v) is 26.5. The van der Waals surface area contributed by atoms with Crippen molar-refractivity contribution in [1.29, 1.82) is 0 Å². The van der Waals surface area contributed by atoms with Crippen LogP contribution in [0.3, 0.4) is 0 Å². The topological polar surface area (TPSA) is 84.2 Å². The number of piperidine rings is 1. The summed E-state index contributed by atoms with van der Waals surface area (Å²) in [6.07, 6.45) is 4.77. The van der Waals surface area contributed by atoms with E-state index in [0.717, 1.165) is 47.0 Å². The van der Waals surface area contributed by atoms with E-state index in [2.05, 4.69) is 16.7 Å². The molecule has 3 aromatic carbocycles. The van der Waals surface area contributed by atoms with E-state index in [0.29, 0.717) is 38.0 Å². The summed E-state index contributed by atoms with van der Waals surface area (Å²) in [6, 6.07) is 20.5. The summed E-state index contributed by atoms with van der Waals surface area (Å²) in [5.74, 6) is -0.725. The first kappa shape index (κ1) is 31.6. The van der Waals surface area contributed by atoms with Gasteiger partial charge in [0.1, 0.15) is 11.6 Å². The number of nitrogens with zero attached hydrogens (tertiary/aromatic N) is 3. The van der Waals surface area contributed by atoms with Crippen molar-refractivity contribution in [2.75, 3.05) is 33.4 Å². The van der Waals surface area contributed by atoms with Gasteiger partial charge in [0, 0.05) is 57.5 Å². The minimum Gasteiger partial charge on any atom is -0.508 e. The lowest BCUT2D eigenvalue weighted by molar-refractivity contribution is -0.139. The van der Waals surface area contributed by atoms with Gasteiger partial charge >= 0.3 is 6.09 Å². The summed E-state index contributed by atoms with van der Waals surface area (Å²) in [7, 11) is 1.67. The minimum absolute atomic E-state index is 0.0202. The fraction of sp³-hybridized carbons (Fsp3) is 0.405. The Labute approximate surface area is 269 Å². The summed E-state index contributed by atoms with van der Waals surface area (Å²) in [5, 5.41) is 10.3. The summed E-state index contributed by atoms with van der Waals surface area (Å²) in [5.41, 5.74) is 4.59. The molecule has 46 heavy (non-hydrogen) atoms. The van der Waals surface area contributed by atoms with E-state index in [1.807, 2.05) is 41.4 Å². The fourth-order valence-corrected chi connectivity index (χ4v) is 6.83. The second kappa shape index (κ2) is 14.0. The molecule has 0 bridgehead atoms. The number of carbonyl (C=O) groups excluding carboxylic acids is 2. The fourth-order valence-electron chi connectivity index (χ4n) is 6.83. The molecule has 9 heteroatoms. The number of rotatable bonds is 11. The number of methoxy groups -OCH3 is 1. The molecule has 1 saturated heterocycles. The average Bonchev–Trinajstić information content (AvgIpc) is 3.85. The molecule has 6 rings (SSSR count). The number of aromatic hydroxyl groups is 1. The van der Waals surface area contributed by atoms with Crippen molar-refractivity contribution in [3.05, 3.63) is 89.9 Å². The third-order valence-corrected chi connectivity index (χ3v) is 9.26. The molecule has 2 atom stereocenters. The number of phenolic OH excluding ortho intramolecular Hbond substituents is 1. The highest BCUT2D eigenvalue weighted by Gasteiger charge is 2.43. The first-order valence-corrected chi connectivity index (χ1v) is 16.2. The number of hydrogen-bond donors (Lipinski definition) is 1. The number of aryl methyl sites for hydroxylation is 1. The second-order valence-electron chi connectivity index (χ2n) is 12.3. The van der Waals surface area contributed by atoms with E-state index >= 15 is 4.39 Å². The summed E-state index contributed by atoms with van der Waals surface area (Å²) < 4.78 is 28.0. The summed E-state index contributed by atoms with van der Waals surface area (Å²) >= 11 is 0. The van der Waals surface area contributed by atoms with E-state index < -0.39 is 12.0 Å². The van der Waals surface area contributed by atoms with Gasteiger partial charge in [0.15, 0.2) is 0 Å². The quantitative estimate of drug-likeness (QED) is 0.182. The first-order valence-electron chi connectivity index (χ1n) is 16.2. The van der Waals surface area contributed by atoms with Gasteiger partial charge in [-0.1, -0.05) is 42.5 Å². The van der Waals surface area contributed by atoms with Crippen molar-refractivity contribution >= 4 is 22.9 Å². The average molecular weight is 628 g/mol. The van der Waals surface area contributed by atoms with Gasteiger partial charge < -0.3 is 28.9 Å². The predicted molar refractivity (Wildman–Crippen MR) is 175 cm³/mol. The van der Waals surface area contributed by atoms with Gasteiger partial charge in [0.25, 0.3) is 0 Å². The third kappa shape index (κ3) is 6.75. The van der Waals surface area contributed by atoms with Crippen LogP contribution in [0, 0.1) is 11.7 Å². The number of amides is 2. The zero-order chi connectivity index (χ0) is 32.2. The van der Waals surface area contributed by atoms with Gasteiger partial charge in [-0.05, 0) is 85.0 Å². The molecule has 0 spiro atoms. The Kier molecular flexibility index (Phi) is 9.59. The molecule has 8 nitrogen and oxygen atoms in total. The lowest BCUT2D eigenvalue weighted by atomic mass is 9.79. The van der Waals surface area contributed by atoms with Crippen LogP contribution in [0.5, 0.6) is 5.75 Å². The second-order valence-corrected chi connectivity index (χ2v) is 12.3. The van der Waals surface area contributed by atoms with Crippen LogP contribution in [0.25, 0.3) is 22.0 Å². The molecule has 2 aliphatic rings. The van der Waals surface area contributed by atoms with Gasteiger partial charge in [-0.15, -0.1) is 0 Å². The number of aromatic nitrogens is 1. The Bertz CT molecular complexity index is 1680. The van der Waals surface area contributed by atoms with Gasteiger partial charge in [0.2, 0.25) is 5.91 Å². The smallest absolute Gasteiger partial charge is 0.409 e. The Morgan fingerprint density at radius 3 is 2.54 bits per heavy atom. The van der Waals surface area contributed by atoms with Crippen molar-refractivity contribution in [2.24, 2.45) is 5.92 Å². The van der Waals surface area contributed by atoms with Gasteiger partial charge in [-0.3, -0.25) is 4.79 Å². The minimum atomic E-state index is -0.492. The van der Waals surface area contributed by atoms with Crippen LogP contribution < -0.4 is 0 Å². The number of ether oxygens (including phenoxy) is 2. The summed E-state index contributed by atoms with van der Waals surface area (Å²) in [6.45, 7) is 4.37. The van der Waals surface area contributed by atoms with Crippen LogP contribution in [0.2, 0.25) is 0 Å². The molecule has 1 aliphatic heterocycles. The van der Waals surface area contributed by atoms with E-state index in [-0.39, 0.29) is 42.6 Å². The number of fused-ring (bicyclic) bond motifs is 1. The predicted octanol–water partition coefficient (Wildman–Crippen LogP) is 6.94. The van der Waals surface area contributed by atoms with Gasteiger partial charge in [-0.2, -0.15) is 0 Å². The maximum atomic E-state index is 15.4. The van der Waals surface area contributed by atoms with E-state index in [4.69, 9.17) is 9.47 Å². The number of hydrogen-bond acceptors (Lipinski definition) is 5. The van der Waals surface area contributed by atoms with Crippen LogP contribution in [0.1, 0.15) is 49.7 Å². The van der Waals surface area contributed by atoms with Crippen LogP contribution >= 0.6 is 0 Å². The Morgan fingerprint density at radius 1 is 1.02 bits per heavy atom. The van der Waals surface area contributed by atoms with Crippen molar-refractivity contribution in [3.8, 4) is 16.9 Å². The SMILES string of the molecule is CCOC(=O)N1CC[C@H](c2cccc(-c3ccc(O)cc3)c2)[C@@H](C(=O)N(Cc2cn(CCCOC)c3cccc(F)c23)C2CC2)C1. The highest BCUT2D eigenvalue weighted by atomic mass is 19.1. The van der Waals surface area contributed by atoms with Crippen molar-refractivity contribution in [3.63, 3.8) is 0 Å². The molecule has 2 heterocycles. The molecular formula is C37H42FN3O5. The highest BCUT2D eigenvalue weighted by Crippen LogP contribution is 2.40. The van der Waals surface area contributed by atoms with E-state index in [1.165, 1.54) is 6.07 Å². The Balaban J connectivity index is 1.33. The van der Waals surface area contributed by atoms with Gasteiger partial charge in [0.05, 0.1) is 18.0 Å². The standard InChI is InChI=1S/C37H42FN3O5/c1-3-46-37(44)40-19-17-31(27-8-4-7-26(21-27)25-11-15-30(42)16-12-25)32(24-40)36(43)41(29-13-14-29)23-28-22-39(18-6-20-45-2)34-10-5-9-33(38)35(28)34/h4-5,7-12,15-16,21-22,29,31-32,42H,3,6,13-14,17-20,23-24H2,1-2H3/t31-,32+/m1/s1. The number of halogens is 1. The number of carbonyl (C=O) groups is 2. The maximum Gasteiger partial charge on any atom is 0.409 e. The number of phenols is 1. The third-order valence-electron chi connectivity index (χ3n) is 9.26. The molecule has 1 N–H and O–H groups in total. The first-order chi connectivity index (χ1) is 22.4. The molecular weight excluding hydrogens is 585 g/mol.